The van der Waals surface area contributed by atoms with Crippen LogP contribution in [-0.2, 0) is 25.6 Å². The van der Waals surface area contributed by atoms with Gasteiger partial charge in [-0.3, -0.25) is 14.4 Å². The van der Waals surface area contributed by atoms with E-state index in [4.69, 9.17) is 5.73 Å². The first-order valence-electron chi connectivity index (χ1n) is 11.2. The molecule has 0 aliphatic carbocycles. The van der Waals surface area contributed by atoms with Crippen LogP contribution in [0.15, 0.2) is 24.3 Å². The molecule has 10 nitrogen and oxygen atoms in total. The second kappa shape index (κ2) is 11.6. The molecule has 1 aromatic carbocycles. The first-order valence-corrected chi connectivity index (χ1v) is 11.2. The summed E-state index contributed by atoms with van der Waals surface area (Å²) < 4.78 is 0. The number of nitrogens with zero attached hydrogens (tertiary/aromatic N) is 1. The number of nitrogens with two attached hydrogens (primary N) is 1. The SMILES string of the molecule is CCC(C)C(NC(=O)C1CCCN1C(=O)C(C)NC(=O)C(N)Cc1ccc(O)cc1)C(=O)O. The van der Waals surface area contributed by atoms with Gasteiger partial charge in [0.1, 0.15) is 23.9 Å². The van der Waals surface area contributed by atoms with Crippen LogP contribution in [0.3, 0.4) is 0 Å². The van der Waals surface area contributed by atoms with E-state index in [-0.39, 0.29) is 18.1 Å². The van der Waals surface area contributed by atoms with Crippen LogP contribution in [0, 0.1) is 5.92 Å². The Morgan fingerprint density at radius 1 is 1.15 bits per heavy atom. The second-order valence-electron chi connectivity index (χ2n) is 8.61. The number of aliphatic carboxylic acids is 1. The topological polar surface area (TPSA) is 162 Å². The Kier molecular flexibility index (Phi) is 9.22. The number of hydrogen-bond acceptors (Lipinski definition) is 6. The lowest BCUT2D eigenvalue weighted by Crippen LogP contribution is -2.56. The number of benzene rings is 1. The standard InChI is InChI=1S/C23H34N4O6/c1-4-13(2)19(23(32)33)26-21(30)18-6-5-11-27(18)22(31)14(3)25-20(29)17(24)12-15-7-9-16(28)10-8-15/h7-10,13-14,17-19,28H,4-6,11-12,24H2,1-3H3,(H,25,29)(H,26,30)(H,32,33). The molecule has 1 saturated heterocycles. The molecule has 0 spiro atoms. The molecule has 33 heavy (non-hydrogen) atoms. The van der Waals surface area contributed by atoms with Crippen molar-refractivity contribution in [2.75, 3.05) is 6.54 Å². The molecule has 0 aromatic heterocycles. The fourth-order valence-corrected chi connectivity index (χ4v) is 3.85. The summed E-state index contributed by atoms with van der Waals surface area (Å²) in [5.41, 5.74) is 6.73. The van der Waals surface area contributed by atoms with Crippen LogP contribution in [-0.4, -0.2) is 69.5 Å². The van der Waals surface area contributed by atoms with E-state index in [0.717, 1.165) is 5.56 Å². The van der Waals surface area contributed by atoms with Crippen LogP contribution in [0.5, 0.6) is 5.75 Å². The number of amides is 3. The predicted octanol–water partition coefficient (Wildman–Crippen LogP) is 0.373. The summed E-state index contributed by atoms with van der Waals surface area (Å²) in [6.45, 7) is 5.46. The van der Waals surface area contributed by atoms with Gasteiger partial charge < -0.3 is 31.5 Å². The van der Waals surface area contributed by atoms with Crippen LogP contribution in [0.2, 0.25) is 0 Å². The second-order valence-corrected chi connectivity index (χ2v) is 8.61. The van der Waals surface area contributed by atoms with Gasteiger partial charge in [-0.05, 0) is 49.8 Å². The number of carboxylic acid groups (broad SMARTS) is 1. The van der Waals surface area contributed by atoms with Crippen LogP contribution >= 0.6 is 0 Å². The minimum absolute atomic E-state index is 0.110. The van der Waals surface area contributed by atoms with Gasteiger partial charge in [0, 0.05) is 6.54 Å². The highest BCUT2D eigenvalue weighted by molar-refractivity contribution is 5.94. The summed E-state index contributed by atoms with van der Waals surface area (Å²) >= 11 is 0. The van der Waals surface area contributed by atoms with Crippen molar-refractivity contribution in [2.24, 2.45) is 11.7 Å². The molecule has 1 fully saturated rings. The minimum Gasteiger partial charge on any atom is -0.508 e. The monoisotopic (exact) mass is 462 g/mol. The van der Waals surface area contributed by atoms with Crippen molar-refractivity contribution in [3.05, 3.63) is 29.8 Å². The fraction of sp³-hybridized carbons (Fsp3) is 0.565. The third kappa shape index (κ3) is 6.92. The molecule has 1 aliphatic rings. The van der Waals surface area contributed by atoms with Crippen LogP contribution in [0.1, 0.15) is 45.6 Å². The zero-order valence-corrected chi connectivity index (χ0v) is 19.3. The van der Waals surface area contributed by atoms with Gasteiger partial charge in [-0.15, -0.1) is 0 Å². The van der Waals surface area contributed by atoms with Gasteiger partial charge >= 0.3 is 5.97 Å². The molecule has 0 saturated carbocycles. The highest BCUT2D eigenvalue weighted by Crippen LogP contribution is 2.20. The highest BCUT2D eigenvalue weighted by Gasteiger charge is 2.38. The lowest BCUT2D eigenvalue weighted by Gasteiger charge is -2.29. The molecular formula is C23H34N4O6. The number of phenols is 1. The summed E-state index contributed by atoms with van der Waals surface area (Å²) in [6.07, 6.45) is 1.84. The Balaban J connectivity index is 1.97. The number of nitrogens with one attached hydrogen (secondary N) is 2. The average molecular weight is 463 g/mol. The molecule has 5 atom stereocenters. The summed E-state index contributed by atoms with van der Waals surface area (Å²) in [5.74, 6) is -2.70. The maximum absolute atomic E-state index is 13.0. The quantitative estimate of drug-likeness (QED) is 0.335. The van der Waals surface area contributed by atoms with Crippen LogP contribution in [0.4, 0.5) is 0 Å². The normalized spacial score (nSPS) is 19.3. The Labute approximate surface area is 193 Å². The average Bonchev–Trinajstić information content (AvgIpc) is 3.27. The maximum Gasteiger partial charge on any atom is 0.326 e. The third-order valence-corrected chi connectivity index (χ3v) is 6.07. The van der Waals surface area contributed by atoms with Crippen molar-refractivity contribution >= 4 is 23.7 Å². The largest absolute Gasteiger partial charge is 0.508 e. The first kappa shape index (κ1) is 26.1. The van der Waals surface area contributed by atoms with E-state index in [1.54, 1.807) is 19.1 Å². The lowest BCUT2D eigenvalue weighted by atomic mass is 9.98. The molecule has 0 bridgehead atoms. The van der Waals surface area contributed by atoms with Crippen LogP contribution < -0.4 is 16.4 Å². The molecule has 6 N–H and O–H groups in total. The predicted molar refractivity (Wildman–Crippen MR) is 121 cm³/mol. The molecule has 182 valence electrons. The Morgan fingerprint density at radius 2 is 1.79 bits per heavy atom. The van der Waals surface area contributed by atoms with Gasteiger partial charge in [-0.2, -0.15) is 0 Å². The zero-order valence-electron chi connectivity index (χ0n) is 19.3. The van der Waals surface area contributed by atoms with E-state index >= 15 is 0 Å². The fourth-order valence-electron chi connectivity index (χ4n) is 3.85. The van der Waals surface area contributed by atoms with Crippen molar-refractivity contribution in [1.82, 2.24) is 15.5 Å². The molecule has 0 radical (unpaired) electrons. The van der Waals surface area contributed by atoms with Gasteiger partial charge in [-0.1, -0.05) is 32.4 Å². The van der Waals surface area contributed by atoms with Gasteiger partial charge in [0.25, 0.3) is 0 Å². The van der Waals surface area contributed by atoms with Crippen molar-refractivity contribution in [3.63, 3.8) is 0 Å². The maximum atomic E-state index is 13.0. The summed E-state index contributed by atoms with van der Waals surface area (Å²) in [7, 11) is 0. The minimum atomic E-state index is -1.11. The number of phenolic OH excluding ortho intramolecular Hbond substituents is 1. The summed E-state index contributed by atoms with van der Waals surface area (Å²) in [6, 6.07) is 2.71. The van der Waals surface area contributed by atoms with Gasteiger partial charge in [0.15, 0.2) is 0 Å². The number of carbonyl (C=O) groups excluding carboxylic acids is 3. The molecule has 10 heteroatoms. The number of hydrogen-bond donors (Lipinski definition) is 5. The highest BCUT2D eigenvalue weighted by atomic mass is 16.4. The Morgan fingerprint density at radius 3 is 2.36 bits per heavy atom. The molecule has 2 rings (SSSR count). The van der Waals surface area contributed by atoms with Gasteiger partial charge in [-0.25, -0.2) is 4.79 Å². The van der Waals surface area contributed by atoms with Gasteiger partial charge in [0.2, 0.25) is 17.7 Å². The third-order valence-electron chi connectivity index (χ3n) is 6.07. The smallest absolute Gasteiger partial charge is 0.326 e. The van der Waals surface area contributed by atoms with Crippen molar-refractivity contribution in [1.29, 1.82) is 0 Å². The molecule has 5 unspecified atom stereocenters. The summed E-state index contributed by atoms with van der Waals surface area (Å²) in [5, 5.41) is 24.0. The van der Waals surface area contributed by atoms with E-state index in [9.17, 15) is 29.4 Å². The van der Waals surface area contributed by atoms with E-state index in [0.29, 0.717) is 25.8 Å². The molecule has 3 amide bonds. The van der Waals surface area contributed by atoms with E-state index in [1.165, 1.54) is 24.0 Å². The van der Waals surface area contributed by atoms with E-state index in [1.807, 2.05) is 6.92 Å². The summed E-state index contributed by atoms with van der Waals surface area (Å²) in [4.78, 5) is 51.2. The van der Waals surface area contributed by atoms with Crippen molar-refractivity contribution < 1.29 is 29.4 Å². The molecule has 1 aromatic rings. The number of rotatable bonds is 10. The van der Waals surface area contributed by atoms with E-state index in [2.05, 4.69) is 10.6 Å². The molecule has 1 aliphatic heterocycles. The van der Waals surface area contributed by atoms with Crippen molar-refractivity contribution in [2.45, 2.75) is 70.6 Å². The molecule has 1 heterocycles. The van der Waals surface area contributed by atoms with Crippen molar-refractivity contribution in [3.8, 4) is 5.75 Å². The van der Waals surface area contributed by atoms with E-state index < -0.39 is 47.9 Å². The van der Waals surface area contributed by atoms with Crippen LogP contribution in [0.25, 0.3) is 0 Å². The molecular weight excluding hydrogens is 428 g/mol. The van der Waals surface area contributed by atoms with Gasteiger partial charge in [0.05, 0.1) is 6.04 Å². The zero-order chi connectivity index (χ0) is 24.7. The Bertz CT molecular complexity index is 859. The first-order chi connectivity index (χ1) is 15.5. The number of likely N-dealkylation sites (tertiary alicyclic amines) is 1. The lowest BCUT2D eigenvalue weighted by molar-refractivity contribution is -0.145. The number of carboxylic acids is 1. The number of carbonyl (C=O) groups is 4. The number of aromatic hydroxyl groups is 1. The Hall–Kier alpha value is -3.14.